The number of hydrogen-bond acceptors (Lipinski definition) is 4. The number of aromatic nitrogens is 1. The van der Waals surface area contributed by atoms with E-state index in [4.69, 9.17) is 9.98 Å². The van der Waals surface area contributed by atoms with Crippen molar-refractivity contribution < 1.29 is 0 Å². The van der Waals surface area contributed by atoms with Crippen molar-refractivity contribution in [1.82, 2.24) is 20.5 Å². The van der Waals surface area contributed by atoms with E-state index in [-0.39, 0.29) is 24.0 Å². The van der Waals surface area contributed by atoms with Crippen LogP contribution in [0.2, 0.25) is 0 Å². The van der Waals surface area contributed by atoms with Gasteiger partial charge in [-0.05, 0) is 57.7 Å². The highest BCUT2D eigenvalue weighted by molar-refractivity contribution is 14.0. The van der Waals surface area contributed by atoms with Crippen molar-refractivity contribution >= 4 is 41.3 Å². The minimum atomic E-state index is 0. The van der Waals surface area contributed by atoms with Gasteiger partial charge in [0.1, 0.15) is 0 Å². The van der Waals surface area contributed by atoms with Gasteiger partial charge in [0.2, 0.25) is 0 Å². The molecule has 3 rings (SSSR count). The Hall–Kier alpha value is -1.19. The van der Waals surface area contributed by atoms with Gasteiger partial charge >= 0.3 is 0 Å². The van der Waals surface area contributed by atoms with Crippen molar-refractivity contribution in [2.75, 3.05) is 26.2 Å². The second kappa shape index (κ2) is 13.3. The summed E-state index contributed by atoms with van der Waals surface area (Å²) in [4.78, 5) is 12.0. The maximum Gasteiger partial charge on any atom is 0.191 e. The van der Waals surface area contributed by atoms with Gasteiger partial charge in [-0.3, -0.25) is 4.90 Å². The first-order chi connectivity index (χ1) is 14.2. The summed E-state index contributed by atoms with van der Waals surface area (Å²) < 4.78 is 0. The van der Waals surface area contributed by atoms with Crippen LogP contribution in [0.4, 0.5) is 0 Å². The Morgan fingerprint density at radius 2 is 2.03 bits per heavy atom. The molecule has 0 atom stereocenters. The molecule has 0 unspecified atom stereocenters. The van der Waals surface area contributed by atoms with Crippen LogP contribution in [0.3, 0.4) is 0 Å². The Balaban J connectivity index is 0.00000320. The molecule has 0 aliphatic carbocycles. The minimum absolute atomic E-state index is 0. The lowest BCUT2D eigenvalue weighted by Crippen LogP contribution is -2.42. The van der Waals surface area contributed by atoms with Crippen LogP contribution in [0.5, 0.6) is 0 Å². The van der Waals surface area contributed by atoms with Crippen LogP contribution in [-0.4, -0.2) is 42.0 Å². The predicted octanol–water partition coefficient (Wildman–Crippen LogP) is 4.60. The molecule has 30 heavy (non-hydrogen) atoms. The van der Waals surface area contributed by atoms with Crippen LogP contribution in [0.15, 0.2) is 34.6 Å². The molecule has 1 aliphatic rings. The van der Waals surface area contributed by atoms with E-state index < -0.39 is 0 Å². The molecule has 0 bridgehead atoms. The zero-order valence-corrected chi connectivity index (χ0v) is 21.6. The molecule has 0 amide bonds. The molecular weight excluding hydrogens is 505 g/mol. The zero-order valence-electron chi connectivity index (χ0n) is 18.5. The van der Waals surface area contributed by atoms with Crippen molar-refractivity contribution in [2.24, 2.45) is 10.9 Å². The Labute approximate surface area is 202 Å². The highest BCUT2D eigenvalue weighted by Crippen LogP contribution is 2.19. The first-order valence-corrected chi connectivity index (χ1v) is 11.8. The number of aryl methyl sites for hydroxylation is 2. The van der Waals surface area contributed by atoms with Crippen molar-refractivity contribution in [2.45, 2.75) is 53.1 Å². The highest BCUT2D eigenvalue weighted by Gasteiger charge is 2.20. The smallest absolute Gasteiger partial charge is 0.191 e. The van der Waals surface area contributed by atoms with Gasteiger partial charge in [-0.1, -0.05) is 36.8 Å². The molecule has 0 radical (unpaired) electrons. The highest BCUT2D eigenvalue weighted by atomic mass is 127. The van der Waals surface area contributed by atoms with Crippen molar-refractivity contribution in [1.29, 1.82) is 0 Å². The average Bonchev–Trinajstić information content (AvgIpc) is 3.19. The number of aliphatic imine (C=N–C) groups is 1. The van der Waals surface area contributed by atoms with Crippen LogP contribution in [-0.2, 0) is 19.5 Å². The van der Waals surface area contributed by atoms with Gasteiger partial charge in [0.25, 0.3) is 0 Å². The van der Waals surface area contributed by atoms with Gasteiger partial charge < -0.3 is 10.6 Å². The predicted molar refractivity (Wildman–Crippen MR) is 139 cm³/mol. The van der Waals surface area contributed by atoms with Gasteiger partial charge in [0.05, 0.1) is 17.2 Å². The summed E-state index contributed by atoms with van der Waals surface area (Å²) in [5, 5.41) is 10.4. The maximum absolute atomic E-state index is 4.77. The fourth-order valence-corrected chi connectivity index (χ4v) is 4.46. The monoisotopic (exact) mass is 541 g/mol. The fraction of sp³-hybridized carbons (Fsp3) is 0.565. The number of nitrogens with one attached hydrogen (secondary N) is 2. The van der Waals surface area contributed by atoms with Gasteiger partial charge in [0, 0.05) is 25.0 Å². The third kappa shape index (κ3) is 8.15. The van der Waals surface area contributed by atoms with Gasteiger partial charge in [-0.2, -0.15) is 0 Å². The van der Waals surface area contributed by atoms with E-state index in [1.807, 2.05) is 0 Å². The summed E-state index contributed by atoms with van der Waals surface area (Å²) in [5.41, 5.74) is 3.77. The van der Waals surface area contributed by atoms with Crippen LogP contribution < -0.4 is 10.6 Å². The topological polar surface area (TPSA) is 52.6 Å². The normalized spacial score (nSPS) is 15.6. The van der Waals surface area contributed by atoms with Crippen LogP contribution in [0, 0.1) is 12.8 Å². The molecule has 2 heterocycles. The number of guanidine groups is 1. The summed E-state index contributed by atoms with van der Waals surface area (Å²) in [6, 6.07) is 8.57. The minimum Gasteiger partial charge on any atom is -0.357 e. The number of rotatable bonds is 8. The molecule has 1 aliphatic heterocycles. The van der Waals surface area contributed by atoms with E-state index in [1.165, 1.54) is 34.7 Å². The van der Waals surface area contributed by atoms with E-state index >= 15 is 0 Å². The number of hydrogen-bond donors (Lipinski definition) is 2. The van der Waals surface area contributed by atoms with Crippen molar-refractivity contribution in [3.63, 3.8) is 0 Å². The average molecular weight is 542 g/mol. The molecule has 1 saturated heterocycles. The Morgan fingerprint density at radius 1 is 1.23 bits per heavy atom. The number of benzene rings is 1. The standard InChI is InChI=1S/C23H35N5S.HI/c1-4-22-27-21(17-29-22)16-28-11-9-19(10-12-28)14-25-23(24-5-2)26-15-20-8-6-7-18(3)13-20;/h6-8,13,17,19H,4-5,9-12,14-16H2,1-3H3,(H2,24,25,26);1H. The van der Waals surface area contributed by atoms with Gasteiger partial charge in [-0.15, -0.1) is 35.3 Å². The molecule has 0 spiro atoms. The van der Waals surface area contributed by atoms with Gasteiger partial charge in [0.15, 0.2) is 5.96 Å². The van der Waals surface area contributed by atoms with E-state index in [9.17, 15) is 0 Å². The Bertz CT molecular complexity index is 783. The molecule has 2 aromatic rings. The maximum atomic E-state index is 4.77. The zero-order chi connectivity index (χ0) is 20.5. The summed E-state index contributed by atoms with van der Waals surface area (Å²) in [6.45, 7) is 12.3. The number of likely N-dealkylation sites (tertiary alicyclic amines) is 1. The van der Waals surface area contributed by atoms with Gasteiger partial charge in [-0.25, -0.2) is 9.98 Å². The van der Waals surface area contributed by atoms with E-state index in [0.29, 0.717) is 12.5 Å². The number of nitrogens with zero attached hydrogens (tertiary/aromatic N) is 3. The summed E-state index contributed by atoms with van der Waals surface area (Å²) in [7, 11) is 0. The van der Waals surface area contributed by atoms with Crippen LogP contribution >= 0.6 is 35.3 Å². The lowest BCUT2D eigenvalue weighted by molar-refractivity contribution is 0.176. The van der Waals surface area contributed by atoms with Crippen molar-refractivity contribution in [3.8, 4) is 0 Å². The molecule has 0 saturated carbocycles. The molecule has 166 valence electrons. The molecule has 2 N–H and O–H groups in total. The molecule has 5 nitrogen and oxygen atoms in total. The third-order valence-corrected chi connectivity index (χ3v) is 6.44. The lowest BCUT2D eigenvalue weighted by atomic mass is 9.97. The first-order valence-electron chi connectivity index (χ1n) is 10.9. The molecule has 1 fully saturated rings. The Morgan fingerprint density at radius 3 is 2.70 bits per heavy atom. The first kappa shape index (κ1) is 25.1. The van der Waals surface area contributed by atoms with Crippen LogP contribution in [0.1, 0.15) is 48.5 Å². The fourth-order valence-electron chi connectivity index (χ4n) is 3.73. The summed E-state index contributed by atoms with van der Waals surface area (Å²) in [5.74, 6) is 1.63. The van der Waals surface area contributed by atoms with E-state index in [2.05, 4.69) is 66.0 Å². The molecule has 1 aromatic carbocycles. The Kier molecular flexibility index (Phi) is 11.1. The molecule has 7 heteroatoms. The lowest BCUT2D eigenvalue weighted by Gasteiger charge is -2.31. The molecule has 1 aromatic heterocycles. The largest absolute Gasteiger partial charge is 0.357 e. The van der Waals surface area contributed by atoms with E-state index in [1.54, 1.807) is 11.3 Å². The second-order valence-electron chi connectivity index (χ2n) is 7.87. The quantitative estimate of drug-likeness (QED) is 0.292. The van der Waals surface area contributed by atoms with E-state index in [0.717, 1.165) is 45.1 Å². The summed E-state index contributed by atoms with van der Waals surface area (Å²) in [6.07, 6.45) is 3.50. The third-order valence-electron chi connectivity index (χ3n) is 5.40. The summed E-state index contributed by atoms with van der Waals surface area (Å²) >= 11 is 1.79. The van der Waals surface area contributed by atoms with Crippen LogP contribution in [0.25, 0.3) is 0 Å². The number of halogens is 1. The number of piperidine rings is 1. The molecular formula is C23H36IN5S. The SMILES string of the molecule is CCNC(=NCc1cccc(C)c1)NCC1CCN(Cc2csc(CC)n2)CC1.I. The number of thiazole rings is 1. The van der Waals surface area contributed by atoms with Crippen molar-refractivity contribution in [3.05, 3.63) is 51.5 Å². The second-order valence-corrected chi connectivity index (χ2v) is 8.81.